The first kappa shape index (κ1) is 7.08. The van der Waals surface area contributed by atoms with E-state index >= 15 is 0 Å². The number of nitrogen functional groups attached to an aromatic ring is 1. The van der Waals surface area contributed by atoms with E-state index in [2.05, 4.69) is 0 Å². The fourth-order valence-electron chi connectivity index (χ4n) is 0.640. The van der Waals surface area contributed by atoms with Crippen molar-refractivity contribution in [3.05, 3.63) is 16.3 Å². The summed E-state index contributed by atoms with van der Waals surface area (Å²) in [6.45, 7) is 0. The monoisotopic (exact) mass is 157 g/mol. The standard InChI is InChI=1S/C6H7NO2S/c7-5-3-10-2-4(5)1-6(8)9/h2-3H,1,7H2,(H,8,9). The van der Waals surface area contributed by atoms with Gasteiger partial charge >= 0.3 is 5.97 Å². The van der Waals surface area contributed by atoms with Crippen molar-refractivity contribution in [3.8, 4) is 0 Å². The Morgan fingerprint density at radius 1 is 1.70 bits per heavy atom. The van der Waals surface area contributed by atoms with Crippen LogP contribution in [0.3, 0.4) is 0 Å². The summed E-state index contributed by atoms with van der Waals surface area (Å²) < 4.78 is 0. The molecule has 0 amide bonds. The minimum absolute atomic E-state index is 0.0231. The molecule has 0 saturated carbocycles. The van der Waals surface area contributed by atoms with E-state index < -0.39 is 5.97 Å². The fourth-order valence-corrected chi connectivity index (χ4v) is 1.39. The topological polar surface area (TPSA) is 63.3 Å². The van der Waals surface area contributed by atoms with Gasteiger partial charge in [0, 0.05) is 11.1 Å². The van der Waals surface area contributed by atoms with Gasteiger partial charge in [-0.2, -0.15) is 0 Å². The maximum atomic E-state index is 10.2. The van der Waals surface area contributed by atoms with Gasteiger partial charge in [0.25, 0.3) is 0 Å². The molecular weight excluding hydrogens is 150 g/mol. The Labute approximate surface area is 62.1 Å². The summed E-state index contributed by atoms with van der Waals surface area (Å²) >= 11 is 1.42. The van der Waals surface area contributed by atoms with Gasteiger partial charge in [0.15, 0.2) is 0 Å². The maximum Gasteiger partial charge on any atom is 0.307 e. The molecule has 0 aliphatic heterocycles. The minimum atomic E-state index is -0.842. The van der Waals surface area contributed by atoms with Crippen LogP contribution in [-0.4, -0.2) is 11.1 Å². The number of carboxylic acid groups (broad SMARTS) is 1. The zero-order chi connectivity index (χ0) is 7.56. The van der Waals surface area contributed by atoms with Gasteiger partial charge in [0.05, 0.1) is 6.42 Å². The van der Waals surface area contributed by atoms with Gasteiger partial charge in [0.1, 0.15) is 0 Å². The second kappa shape index (κ2) is 2.70. The molecule has 0 atom stereocenters. The molecule has 0 bridgehead atoms. The number of hydrogen-bond donors (Lipinski definition) is 2. The normalized spacial score (nSPS) is 9.60. The van der Waals surface area contributed by atoms with Crippen LogP contribution in [0, 0.1) is 0 Å². The number of hydrogen-bond acceptors (Lipinski definition) is 3. The molecule has 1 heterocycles. The summed E-state index contributed by atoms with van der Waals surface area (Å²) in [4.78, 5) is 10.2. The molecule has 1 rings (SSSR count). The maximum absolute atomic E-state index is 10.2. The Morgan fingerprint density at radius 2 is 2.40 bits per heavy atom. The van der Waals surface area contributed by atoms with Gasteiger partial charge in [-0.3, -0.25) is 4.79 Å². The second-order valence-electron chi connectivity index (χ2n) is 1.92. The average Bonchev–Trinajstić information content (AvgIpc) is 2.15. The van der Waals surface area contributed by atoms with Crippen LogP contribution in [0.25, 0.3) is 0 Å². The molecule has 0 saturated heterocycles. The Morgan fingerprint density at radius 3 is 2.80 bits per heavy atom. The first-order valence-corrected chi connectivity index (χ1v) is 3.67. The third-order valence-electron chi connectivity index (χ3n) is 1.12. The highest BCUT2D eigenvalue weighted by atomic mass is 32.1. The lowest BCUT2D eigenvalue weighted by Crippen LogP contribution is -2.00. The highest BCUT2D eigenvalue weighted by Crippen LogP contribution is 2.17. The molecule has 0 fully saturated rings. The molecule has 10 heavy (non-hydrogen) atoms. The zero-order valence-electron chi connectivity index (χ0n) is 5.20. The predicted molar refractivity (Wildman–Crippen MR) is 40.1 cm³/mol. The third-order valence-corrected chi connectivity index (χ3v) is 1.93. The quantitative estimate of drug-likeness (QED) is 0.672. The number of thiophene rings is 1. The predicted octanol–water partition coefficient (Wildman–Crippen LogP) is 0.957. The van der Waals surface area contributed by atoms with Crippen LogP contribution in [0.15, 0.2) is 10.8 Å². The lowest BCUT2D eigenvalue weighted by atomic mass is 10.2. The average molecular weight is 157 g/mol. The van der Waals surface area contributed by atoms with E-state index in [1.807, 2.05) is 0 Å². The van der Waals surface area contributed by atoms with Crippen LogP contribution in [0.1, 0.15) is 5.56 Å². The lowest BCUT2D eigenvalue weighted by molar-refractivity contribution is -0.136. The van der Waals surface area contributed by atoms with Crippen molar-refractivity contribution >= 4 is 23.0 Å². The summed E-state index contributed by atoms with van der Waals surface area (Å²) in [7, 11) is 0. The van der Waals surface area contributed by atoms with Crippen molar-refractivity contribution in [2.24, 2.45) is 0 Å². The van der Waals surface area contributed by atoms with Gasteiger partial charge in [-0.05, 0) is 10.9 Å². The van der Waals surface area contributed by atoms with Crippen LogP contribution in [-0.2, 0) is 11.2 Å². The molecular formula is C6H7NO2S. The Balaban J connectivity index is 2.74. The Hall–Kier alpha value is -1.03. The first-order chi connectivity index (χ1) is 4.70. The molecule has 0 aliphatic rings. The second-order valence-corrected chi connectivity index (χ2v) is 2.67. The Bertz CT molecular complexity index is 244. The van der Waals surface area contributed by atoms with Crippen LogP contribution < -0.4 is 5.73 Å². The highest BCUT2D eigenvalue weighted by molar-refractivity contribution is 7.08. The third kappa shape index (κ3) is 1.48. The molecule has 1 aromatic rings. The van der Waals surface area contributed by atoms with Gasteiger partial charge in [0.2, 0.25) is 0 Å². The smallest absolute Gasteiger partial charge is 0.307 e. The van der Waals surface area contributed by atoms with Crippen LogP contribution in [0.5, 0.6) is 0 Å². The largest absolute Gasteiger partial charge is 0.481 e. The molecule has 54 valence electrons. The molecule has 0 spiro atoms. The summed E-state index contributed by atoms with van der Waals surface area (Å²) in [6, 6.07) is 0. The number of aliphatic carboxylic acids is 1. The molecule has 0 radical (unpaired) electrons. The van der Waals surface area contributed by atoms with Crippen molar-refractivity contribution in [1.29, 1.82) is 0 Å². The van der Waals surface area contributed by atoms with Crippen molar-refractivity contribution in [3.63, 3.8) is 0 Å². The van der Waals surface area contributed by atoms with E-state index in [1.165, 1.54) is 11.3 Å². The van der Waals surface area contributed by atoms with Gasteiger partial charge < -0.3 is 10.8 Å². The molecule has 3 nitrogen and oxygen atoms in total. The van der Waals surface area contributed by atoms with E-state index in [1.54, 1.807) is 10.8 Å². The van der Waals surface area contributed by atoms with Gasteiger partial charge in [-0.15, -0.1) is 11.3 Å². The summed E-state index contributed by atoms with van der Waals surface area (Å²) in [5, 5.41) is 11.8. The van der Waals surface area contributed by atoms with Crippen molar-refractivity contribution in [2.45, 2.75) is 6.42 Å². The minimum Gasteiger partial charge on any atom is -0.481 e. The molecule has 3 N–H and O–H groups in total. The number of nitrogens with two attached hydrogens (primary N) is 1. The molecule has 0 unspecified atom stereocenters. The van der Waals surface area contributed by atoms with Crippen LogP contribution in [0.4, 0.5) is 5.69 Å². The number of anilines is 1. The van der Waals surface area contributed by atoms with Crippen molar-refractivity contribution < 1.29 is 9.90 Å². The van der Waals surface area contributed by atoms with Gasteiger partial charge in [-0.25, -0.2) is 0 Å². The lowest BCUT2D eigenvalue weighted by Gasteiger charge is -1.91. The van der Waals surface area contributed by atoms with Crippen LogP contribution in [0.2, 0.25) is 0 Å². The summed E-state index contributed by atoms with van der Waals surface area (Å²) in [5.41, 5.74) is 6.72. The fraction of sp³-hybridized carbons (Fsp3) is 0.167. The zero-order valence-corrected chi connectivity index (χ0v) is 6.02. The van der Waals surface area contributed by atoms with Gasteiger partial charge in [-0.1, -0.05) is 0 Å². The van der Waals surface area contributed by atoms with Crippen molar-refractivity contribution in [1.82, 2.24) is 0 Å². The summed E-state index contributed by atoms with van der Waals surface area (Å²) in [6.07, 6.45) is 0.0231. The van der Waals surface area contributed by atoms with Crippen molar-refractivity contribution in [2.75, 3.05) is 5.73 Å². The molecule has 0 aliphatic carbocycles. The first-order valence-electron chi connectivity index (χ1n) is 2.72. The van der Waals surface area contributed by atoms with Crippen LogP contribution >= 0.6 is 11.3 Å². The number of carboxylic acids is 1. The molecule has 0 aromatic carbocycles. The van der Waals surface area contributed by atoms with E-state index in [0.717, 1.165) is 0 Å². The van der Waals surface area contributed by atoms with E-state index in [9.17, 15) is 4.79 Å². The van der Waals surface area contributed by atoms with E-state index in [0.29, 0.717) is 11.3 Å². The molecule has 4 heteroatoms. The number of carbonyl (C=O) groups is 1. The summed E-state index contributed by atoms with van der Waals surface area (Å²) in [5.74, 6) is -0.842. The Kier molecular flexibility index (Phi) is 1.91. The van der Waals surface area contributed by atoms with E-state index in [4.69, 9.17) is 10.8 Å². The molecule has 1 aromatic heterocycles. The highest BCUT2D eigenvalue weighted by Gasteiger charge is 2.03. The SMILES string of the molecule is Nc1cscc1CC(=O)O. The van der Waals surface area contributed by atoms with E-state index in [-0.39, 0.29) is 6.42 Å². The number of rotatable bonds is 2.